The number of hydrogen-bond donors (Lipinski definition) is 1. The lowest BCUT2D eigenvalue weighted by molar-refractivity contribution is 1.19. The highest BCUT2D eigenvalue weighted by Gasteiger charge is 2.01. The molecule has 0 saturated heterocycles. The quantitative estimate of drug-likeness (QED) is 0.460. The highest BCUT2D eigenvalue weighted by atomic mass is 14.8. The molecule has 0 saturated carbocycles. The van der Waals surface area contributed by atoms with Crippen LogP contribution in [0, 0.1) is 0 Å². The highest BCUT2D eigenvalue weighted by molar-refractivity contribution is 6.19. The van der Waals surface area contributed by atoms with E-state index in [1.165, 1.54) is 11.1 Å². The molecule has 0 heterocycles. The fourth-order valence-corrected chi connectivity index (χ4v) is 2.97. The molecule has 2 N–H and O–H groups in total. The summed E-state index contributed by atoms with van der Waals surface area (Å²) in [6.45, 7) is 0. The van der Waals surface area contributed by atoms with Gasteiger partial charge in [0, 0.05) is 5.69 Å². The number of benzene rings is 3. The molecule has 28 heavy (non-hydrogen) atoms. The third-order valence-electron chi connectivity index (χ3n) is 4.45. The first-order chi connectivity index (χ1) is 13.7. The maximum Gasteiger partial charge on any atom is 0.0638 e. The molecule has 136 valence electrons. The molecule has 3 heteroatoms. The lowest BCUT2D eigenvalue weighted by Gasteiger charge is -2.05. The van der Waals surface area contributed by atoms with Crippen LogP contribution in [0.3, 0.4) is 0 Å². The van der Waals surface area contributed by atoms with Crippen LogP contribution in [0.1, 0.15) is 11.1 Å². The van der Waals surface area contributed by atoms with Crippen molar-refractivity contribution in [2.24, 2.45) is 9.98 Å². The topological polar surface area (TPSA) is 50.7 Å². The minimum atomic E-state index is 0.739. The third kappa shape index (κ3) is 4.71. The number of nitrogens with two attached hydrogens (primary N) is 1. The van der Waals surface area contributed by atoms with E-state index in [0.29, 0.717) is 0 Å². The van der Waals surface area contributed by atoms with E-state index in [1.54, 1.807) is 0 Å². The molecule has 3 aromatic rings. The van der Waals surface area contributed by atoms with E-state index < -0.39 is 0 Å². The lowest BCUT2D eigenvalue weighted by atomic mass is 10.0. The number of nitrogens with zero attached hydrogens (tertiary/aromatic N) is 2. The van der Waals surface area contributed by atoms with Crippen LogP contribution in [0.25, 0.3) is 0 Å². The molecule has 3 aromatic carbocycles. The van der Waals surface area contributed by atoms with Gasteiger partial charge < -0.3 is 5.73 Å². The van der Waals surface area contributed by atoms with Crippen LogP contribution in [0.2, 0.25) is 0 Å². The minimum Gasteiger partial charge on any atom is -0.399 e. The molecular formula is C25H21N3. The van der Waals surface area contributed by atoms with Gasteiger partial charge in [-0.15, -0.1) is 0 Å². The Morgan fingerprint density at radius 2 is 1.00 bits per heavy atom. The van der Waals surface area contributed by atoms with Gasteiger partial charge in [0.05, 0.1) is 22.8 Å². The summed E-state index contributed by atoms with van der Waals surface area (Å²) in [6.07, 6.45) is 8.84. The predicted octanol–water partition coefficient (Wildman–Crippen LogP) is 5.83. The van der Waals surface area contributed by atoms with Crippen molar-refractivity contribution < 1.29 is 0 Å². The molecule has 0 aromatic heterocycles. The summed E-state index contributed by atoms with van der Waals surface area (Å²) >= 11 is 0. The second kappa shape index (κ2) is 8.31. The number of anilines is 1. The number of aliphatic imine (C=N–C) groups is 2. The third-order valence-corrected chi connectivity index (χ3v) is 4.45. The summed E-state index contributed by atoms with van der Waals surface area (Å²) in [5.74, 6) is 0. The van der Waals surface area contributed by atoms with Gasteiger partial charge in [0.2, 0.25) is 0 Å². The Bertz CT molecular complexity index is 1040. The largest absolute Gasteiger partial charge is 0.399 e. The standard InChI is InChI=1S/C25H21N3/c26-21-8-12-23(13-9-21)28-25-16-14-24(15-17-25)27-22-10-6-20(7-11-22)18-19-4-2-1-3-5-19/h1-17H,18,26H2. The van der Waals surface area contributed by atoms with Crippen molar-refractivity contribution in [3.05, 3.63) is 114 Å². The van der Waals surface area contributed by atoms with Crippen LogP contribution in [0.4, 0.5) is 17.1 Å². The second-order valence-corrected chi connectivity index (χ2v) is 6.66. The van der Waals surface area contributed by atoms with Crippen molar-refractivity contribution in [1.82, 2.24) is 0 Å². The molecule has 4 rings (SSSR count). The number of allylic oxidation sites excluding steroid dienone is 4. The SMILES string of the molecule is Nc1ccc(N=C2C=CC(=Nc3ccc(Cc4ccccc4)cc3)C=C2)cc1. The first kappa shape index (κ1) is 17.7. The maximum absolute atomic E-state index is 5.71. The molecule has 0 aliphatic heterocycles. The minimum absolute atomic E-state index is 0.739. The van der Waals surface area contributed by atoms with Crippen molar-refractivity contribution >= 4 is 28.5 Å². The van der Waals surface area contributed by atoms with Gasteiger partial charge in [-0.25, -0.2) is 9.98 Å². The van der Waals surface area contributed by atoms with Gasteiger partial charge in [-0.3, -0.25) is 0 Å². The molecular weight excluding hydrogens is 342 g/mol. The second-order valence-electron chi connectivity index (χ2n) is 6.66. The summed E-state index contributed by atoms with van der Waals surface area (Å²) in [4.78, 5) is 9.28. The molecule has 3 nitrogen and oxygen atoms in total. The predicted molar refractivity (Wildman–Crippen MR) is 119 cm³/mol. The van der Waals surface area contributed by atoms with Gasteiger partial charge in [-0.1, -0.05) is 42.5 Å². The van der Waals surface area contributed by atoms with Crippen LogP contribution in [-0.4, -0.2) is 11.4 Å². The fourth-order valence-electron chi connectivity index (χ4n) is 2.97. The fraction of sp³-hybridized carbons (Fsp3) is 0.0400. The molecule has 0 fully saturated rings. The monoisotopic (exact) mass is 363 g/mol. The van der Waals surface area contributed by atoms with Crippen LogP contribution in [0.15, 0.2) is 113 Å². The van der Waals surface area contributed by atoms with Crippen molar-refractivity contribution in [2.45, 2.75) is 6.42 Å². The van der Waals surface area contributed by atoms with Crippen molar-refractivity contribution in [2.75, 3.05) is 5.73 Å². The average Bonchev–Trinajstić information content (AvgIpc) is 2.73. The highest BCUT2D eigenvalue weighted by Crippen LogP contribution is 2.18. The number of nitrogen functional groups attached to an aromatic ring is 1. The molecule has 0 amide bonds. The zero-order valence-corrected chi connectivity index (χ0v) is 15.5. The van der Waals surface area contributed by atoms with E-state index in [0.717, 1.165) is 34.9 Å². The Labute approximate surface area is 165 Å². The molecule has 1 aliphatic rings. The first-order valence-electron chi connectivity index (χ1n) is 9.26. The van der Waals surface area contributed by atoms with Crippen molar-refractivity contribution in [3.63, 3.8) is 0 Å². The van der Waals surface area contributed by atoms with Crippen LogP contribution in [0.5, 0.6) is 0 Å². The van der Waals surface area contributed by atoms with Crippen LogP contribution >= 0.6 is 0 Å². The Balaban J connectivity index is 1.42. The lowest BCUT2D eigenvalue weighted by Crippen LogP contribution is -1.99. The maximum atomic E-state index is 5.71. The van der Waals surface area contributed by atoms with E-state index in [1.807, 2.05) is 54.6 Å². The molecule has 0 radical (unpaired) electrons. The molecule has 0 unspecified atom stereocenters. The Morgan fingerprint density at radius 1 is 0.536 bits per heavy atom. The molecule has 0 atom stereocenters. The van der Waals surface area contributed by atoms with Crippen molar-refractivity contribution in [1.29, 1.82) is 0 Å². The van der Waals surface area contributed by atoms with Gasteiger partial charge >= 0.3 is 0 Å². The van der Waals surface area contributed by atoms with Crippen LogP contribution in [-0.2, 0) is 6.42 Å². The normalized spacial score (nSPS) is 12.9. The number of rotatable bonds is 4. The smallest absolute Gasteiger partial charge is 0.0638 e. The van der Waals surface area contributed by atoms with E-state index in [4.69, 9.17) is 10.7 Å². The average molecular weight is 363 g/mol. The Morgan fingerprint density at radius 3 is 1.54 bits per heavy atom. The number of hydrogen-bond acceptors (Lipinski definition) is 3. The molecule has 1 aliphatic carbocycles. The zero-order valence-electron chi connectivity index (χ0n) is 15.5. The Hall–Kier alpha value is -3.72. The van der Waals surface area contributed by atoms with Gasteiger partial charge in [0.1, 0.15) is 0 Å². The summed E-state index contributed by atoms with van der Waals surface area (Å²) in [7, 11) is 0. The Kier molecular flexibility index (Phi) is 5.25. The summed E-state index contributed by atoms with van der Waals surface area (Å²) < 4.78 is 0. The van der Waals surface area contributed by atoms with Gasteiger partial charge in [-0.2, -0.15) is 0 Å². The van der Waals surface area contributed by atoms with E-state index in [2.05, 4.69) is 53.5 Å². The summed E-state index contributed by atoms with van der Waals surface area (Å²) in [5, 5.41) is 0. The van der Waals surface area contributed by atoms with Gasteiger partial charge in [0.25, 0.3) is 0 Å². The van der Waals surface area contributed by atoms with E-state index >= 15 is 0 Å². The van der Waals surface area contributed by atoms with E-state index in [9.17, 15) is 0 Å². The van der Waals surface area contributed by atoms with Crippen LogP contribution < -0.4 is 5.73 Å². The summed E-state index contributed by atoms with van der Waals surface area (Å²) in [6, 6.07) is 26.4. The molecule has 0 spiro atoms. The van der Waals surface area contributed by atoms with Gasteiger partial charge in [0.15, 0.2) is 0 Å². The van der Waals surface area contributed by atoms with E-state index in [-0.39, 0.29) is 0 Å². The van der Waals surface area contributed by atoms with Gasteiger partial charge in [-0.05, 0) is 78.3 Å². The molecule has 0 bridgehead atoms. The zero-order chi connectivity index (χ0) is 19.2. The summed E-state index contributed by atoms with van der Waals surface area (Å²) in [5.41, 5.74) is 12.7. The first-order valence-corrected chi connectivity index (χ1v) is 9.26. The van der Waals surface area contributed by atoms with Crippen molar-refractivity contribution in [3.8, 4) is 0 Å².